The average molecular weight is 310 g/mol. The Labute approximate surface area is 131 Å². The molecule has 124 valence electrons. The highest BCUT2D eigenvalue weighted by atomic mass is 16.5. The van der Waals surface area contributed by atoms with Gasteiger partial charge in [0.05, 0.1) is 19.3 Å². The molecule has 3 heterocycles. The van der Waals surface area contributed by atoms with Crippen LogP contribution < -0.4 is 5.32 Å². The van der Waals surface area contributed by atoms with Crippen LogP contribution in [0.2, 0.25) is 0 Å². The predicted molar refractivity (Wildman–Crippen MR) is 81.6 cm³/mol. The summed E-state index contributed by atoms with van der Waals surface area (Å²) in [7, 11) is 0. The summed E-state index contributed by atoms with van der Waals surface area (Å²) in [6.07, 6.45) is 3.18. The van der Waals surface area contributed by atoms with Crippen LogP contribution in [0, 0.1) is 0 Å². The molecular formula is C15H26N4O3. The molecule has 22 heavy (non-hydrogen) atoms. The van der Waals surface area contributed by atoms with Gasteiger partial charge in [-0.25, -0.2) is 4.79 Å². The van der Waals surface area contributed by atoms with Crippen LogP contribution in [-0.4, -0.2) is 91.7 Å². The monoisotopic (exact) mass is 310 g/mol. The number of hydrogen-bond donors (Lipinski definition) is 1. The minimum Gasteiger partial charge on any atom is -0.378 e. The van der Waals surface area contributed by atoms with Gasteiger partial charge in [0.2, 0.25) is 5.91 Å². The summed E-state index contributed by atoms with van der Waals surface area (Å²) >= 11 is 0. The van der Waals surface area contributed by atoms with Crippen molar-refractivity contribution in [3.05, 3.63) is 0 Å². The van der Waals surface area contributed by atoms with E-state index in [1.807, 2.05) is 9.80 Å². The van der Waals surface area contributed by atoms with Crippen molar-refractivity contribution < 1.29 is 14.3 Å². The van der Waals surface area contributed by atoms with Crippen LogP contribution in [0.25, 0.3) is 0 Å². The number of nitrogens with one attached hydrogen (secondary N) is 1. The first-order valence-electron chi connectivity index (χ1n) is 8.39. The Morgan fingerprint density at radius 1 is 1.14 bits per heavy atom. The van der Waals surface area contributed by atoms with Gasteiger partial charge in [0.1, 0.15) is 0 Å². The molecule has 3 aliphatic rings. The lowest BCUT2D eigenvalue weighted by atomic mass is 10.0. The van der Waals surface area contributed by atoms with Crippen molar-refractivity contribution in [3.8, 4) is 0 Å². The summed E-state index contributed by atoms with van der Waals surface area (Å²) in [5.74, 6) is 0.244. The summed E-state index contributed by atoms with van der Waals surface area (Å²) in [6, 6.07) is 0.00517. The average Bonchev–Trinajstić information content (AvgIpc) is 2.98. The predicted octanol–water partition coefficient (Wildman–Crippen LogP) is -0.275. The van der Waals surface area contributed by atoms with E-state index in [1.165, 1.54) is 0 Å². The van der Waals surface area contributed by atoms with Gasteiger partial charge in [-0.1, -0.05) is 6.42 Å². The second kappa shape index (κ2) is 7.28. The topological polar surface area (TPSA) is 65.1 Å². The van der Waals surface area contributed by atoms with Crippen molar-refractivity contribution in [2.75, 3.05) is 59.0 Å². The SMILES string of the molecule is O=C1NCCN1CCN1CCCCC1C(=O)N1CCOCC1. The fourth-order valence-corrected chi connectivity index (χ4v) is 3.51. The van der Waals surface area contributed by atoms with Crippen LogP contribution in [0.5, 0.6) is 0 Å². The number of ether oxygens (including phenoxy) is 1. The van der Waals surface area contributed by atoms with E-state index < -0.39 is 0 Å². The number of likely N-dealkylation sites (tertiary alicyclic amines) is 1. The van der Waals surface area contributed by atoms with Crippen LogP contribution in [0.3, 0.4) is 0 Å². The standard InChI is InChI=1S/C15H26N4O3/c20-14(18-9-11-22-12-10-18)13-3-1-2-5-17(13)7-8-19-6-4-16-15(19)21/h13H,1-12H2,(H,16,21). The minimum atomic E-state index is -0.0162. The lowest BCUT2D eigenvalue weighted by Crippen LogP contribution is -2.54. The van der Waals surface area contributed by atoms with E-state index >= 15 is 0 Å². The van der Waals surface area contributed by atoms with Gasteiger partial charge in [-0.2, -0.15) is 0 Å². The molecule has 3 amide bonds. The van der Waals surface area contributed by atoms with Crippen LogP contribution in [0.4, 0.5) is 4.79 Å². The van der Waals surface area contributed by atoms with E-state index in [1.54, 1.807) is 0 Å². The Kier molecular flexibility index (Phi) is 5.15. The van der Waals surface area contributed by atoms with Crippen molar-refractivity contribution >= 4 is 11.9 Å². The zero-order chi connectivity index (χ0) is 15.4. The molecule has 3 rings (SSSR count). The number of nitrogens with zero attached hydrogens (tertiary/aromatic N) is 3. The number of amides is 3. The normalized spacial score (nSPS) is 27.1. The van der Waals surface area contributed by atoms with Gasteiger partial charge in [0, 0.05) is 39.3 Å². The molecule has 3 saturated heterocycles. The number of morpholine rings is 1. The molecule has 3 fully saturated rings. The van der Waals surface area contributed by atoms with Crippen molar-refractivity contribution in [2.24, 2.45) is 0 Å². The number of rotatable bonds is 4. The molecule has 7 nitrogen and oxygen atoms in total. The van der Waals surface area contributed by atoms with E-state index in [2.05, 4.69) is 10.2 Å². The fraction of sp³-hybridized carbons (Fsp3) is 0.867. The van der Waals surface area contributed by atoms with Crippen LogP contribution in [-0.2, 0) is 9.53 Å². The Morgan fingerprint density at radius 2 is 1.95 bits per heavy atom. The molecule has 3 aliphatic heterocycles. The van der Waals surface area contributed by atoms with E-state index in [-0.39, 0.29) is 18.0 Å². The number of carbonyl (C=O) groups is 2. The van der Waals surface area contributed by atoms with Gasteiger partial charge >= 0.3 is 6.03 Å². The molecule has 0 saturated carbocycles. The maximum Gasteiger partial charge on any atom is 0.317 e. The minimum absolute atomic E-state index is 0.0162. The molecule has 0 aromatic carbocycles. The maximum atomic E-state index is 12.8. The van der Waals surface area contributed by atoms with Crippen LogP contribution >= 0.6 is 0 Å². The number of hydrogen-bond acceptors (Lipinski definition) is 4. The zero-order valence-corrected chi connectivity index (χ0v) is 13.1. The molecule has 1 unspecified atom stereocenters. The molecule has 1 atom stereocenters. The third kappa shape index (κ3) is 3.52. The van der Waals surface area contributed by atoms with Crippen molar-refractivity contribution in [3.63, 3.8) is 0 Å². The molecule has 0 spiro atoms. The van der Waals surface area contributed by atoms with Gasteiger partial charge in [-0.05, 0) is 19.4 Å². The molecular weight excluding hydrogens is 284 g/mol. The number of carbonyl (C=O) groups excluding carboxylic acids is 2. The summed E-state index contributed by atoms with van der Waals surface area (Å²) in [6.45, 7) is 6.65. The molecule has 0 aliphatic carbocycles. The van der Waals surface area contributed by atoms with Crippen molar-refractivity contribution in [1.82, 2.24) is 20.0 Å². The van der Waals surface area contributed by atoms with Gasteiger partial charge in [-0.15, -0.1) is 0 Å². The highest BCUT2D eigenvalue weighted by Crippen LogP contribution is 2.19. The molecule has 0 radical (unpaired) electrons. The molecule has 0 aromatic heterocycles. The summed E-state index contributed by atoms with van der Waals surface area (Å²) < 4.78 is 5.33. The highest BCUT2D eigenvalue weighted by Gasteiger charge is 2.33. The Bertz CT molecular complexity index is 412. The largest absolute Gasteiger partial charge is 0.378 e. The van der Waals surface area contributed by atoms with E-state index in [4.69, 9.17) is 4.74 Å². The summed E-state index contributed by atoms with van der Waals surface area (Å²) in [5, 5.41) is 2.82. The van der Waals surface area contributed by atoms with Gasteiger partial charge in [0.15, 0.2) is 0 Å². The van der Waals surface area contributed by atoms with Crippen LogP contribution in [0.1, 0.15) is 19.3 Å². The molecule has 7 heteroatoms. The van der Waals surface area contributed by atoms with Crippen molar-refractivity contribution in [2.45, 2.75) is 25.3 Å². The Morgan fingerprint density at radius 3 is 2.68 bits per heavy atom. The van der Waals surface area contributed by atoms with Gasteiger partial charge in [0.25, 0.3) is 0 Å². The lowest BCUT2D eigenvalue weighted by Gasteiger charge is -2.39. The molecule has 0 aromatic rings. The smallest absolute Gasteiger partial charge is 0.317 e. The lowest BCUT2D eigenvalue weighted by molar-refractivity contribution is -0.142. The first-order valence-corrected chi connectivity index (χ1v) is 8.39. The third-order valence-corrected chi connectivity index (χ3v) is 4.82. The van der Waals surface area contributed by atoms with E-state index in [0.29, 0.717) is 32.8 Å². The second-order valence-corrected chi connectivity index (χ2v) is 6.20. The maximum absolute atomic E-state index is 12.8. The highest BCUT2D eigenvalue weighted by molar-refractivity contribution is 5.82. The van der Waals surface area contributed by atoms with Gasteiger partial charge < -0.3 is 19.9 Å². The fourth-order valence-electron chi connectivity index (χ4n) is 3.51. The van der Waals surface area contributed by atoms with E-state index in [9.17, 15) is 9.59 Å². The quantitative estimate of drug-likeness (QED) is 0.776. The van der Waals surface area contributed by atoms with Gasteiger partial charge in [-0.3, -0.25) is 9.69 Å². The summed E-state index contributed by atoms with van der Waals surface area (Å²) in [4.78, 5) is 30.4. The van der Waals surface area contributed by atoms with Crippen LogP contribution in [0.15, 0.2) is 0 Å². The Balaban J connectivity index is 1.55. The van der Waals surface area contributed by atoms with E-state index in [0.717, 1.165) is 45.4 Å². The third-order valence-electron chi connectivity index (χ3n) is 4.82. The molecule has 0 bridgehead atoms. The number of piperidine rings is 1. The zero-order valence-electron chi connectivity index (χ0n) is 13.1. The second-order valence-electron chi connectivity index (χ2n) is 6.20. The molecule has 1 N–H and O–H groups in total. The Hall–Kier alpha value is -1.34. The van der Waals surface area contributed by atoms with Crippen molar-refractivity contribution in [1.29, 1.82) is 0 Å². The summed E-state index contributed by atoms with van der Waals surface area (Å²) in [5.41, 5.74) is 0. The first kappa shape index (κ1) is 15.6. The number of urea groups is 1. The first-order chi connectivity index (χ1) is 10.8.